The Morgan fingerprint density at radius 2 is 2.16 bits per heavy atom. The molecule has 0 saturated carbocycles. The summed E-state index contributed by atoms with van der Waals surface area (Å²) in [6, 6.07) is 10.2. The molecule has 0 fully saturated rings. The molecule has 1 aliphatic rings. The zero-order chi connectivity index (χ0) is 17.4. The van der Waals surface area contributed by atoms with Crippen LogP contribution in [-0.4, -0.2) is 15.5 Å². The third-order valence-corrected chi connectivity index (χ3v) is 4.93. The van der Waals surface area contributed by atoms with E-state index in [2.05, 4.69) is 33.1 Å². The van der Waals surface area contributed by atoms with E-state index in [9.17, 15) is 4.79 Å². The van der Waals surface area contributed by atoms with Crippen molar-refractivity contribution in [3.05, 3.63) is 77.3 Å². The average Bonchev–Trinajstić information content (AvgIpc) is 3.24. The highest BCUT2D eigenvalue weighted by Crippen LogP contribution is 2.37. The van der Waals surface area contributed by atoms with Gasteiger partial charge in [0.15, 0.2) is 5.76 Å². The van der Waals surface area contributed by atoms with Crippen molar-refractivity contribution in [2.45, 2.75) is 38.8 Å². The number of nitrogens with zero attached hydrogens (tertiary/aromatic N) is 2. The molecule has 2 aromatic heterocycles. The van der Waals surface area contributed by atoms with Crippen LogP contribution in [0.3, 0.4) is 0 Å². The van der Waals surface area contributed by atoms with E-state index in [0.717, 1.165) is 24.2 Å². The maximum Gasteiger partial charge on any atom is 0.287 e. The molecule has 5 nitrogen and oxygen atoms in total. The second-order valence-corrected chi connectivity index (χ2v) is 6.64. The van der Waals surface area contributed by atoms with E-state index < -0.39 is 0 Å². The fourth-order valence-electron chi connectivity index (χ4n) is 3.78. The number of aryl methyl sites for hydroxylation is 3. The van der Waals surface area contributed by atoms with Crippen LogP contribution in [0.5, 0.6) is 0 Å². The molecule has 0 saturated heterocycles. The predicted molar refractivity (Wildman–Crippen MR) is 94.4 cm³/mol. The summed E-state index contributed by atoms with van der Waals surface area (Å²) in [5, 5.41) is 3.20. The van der Waals surface area contributed by atoms with Crippen molar-refractivity contribution in [3.8, 4) is 0 Å². The van der Waals surface area contributed by atoms with Crippen LogP contribution < -0.4 is 5.32 Å². The van der Waals surface area contributed by atoms with Crippen molar-refractivity contribution in [1.29, 1.82) is 0 Å². The van der Waals surface area contributed by atoms with Crippen molar-refractivity contribution >= 4 is 5.91 Å². The molecule has 1 aliphatic carbocycles. The highest BCUT2D eigenvalue weighted by atomic mass is 16.3. The molecule has 2 heterocycles. The van der Waals surface area contributed by atoms with E-state index >= 15 is 0 Å². The first-order valence-electron chi connectivity index (χ1n) is 8.56. The fraction of sp³-hybridized carbons (Fsp3) is 0.300. The standard InChI is InChI=1S/C20H21N3O2/c1-13-11-14(2)25-19(13)20(24)22-18-16-6-4-3-5-15(16)7-8-17(18)23-10-9-21-12-23/h3-6,9-12,17-18H,7-8H2,1-2H3,(H,22,24)/t17-,18+/m1/s1. The minimum Gasteiger partial charge on any atom is -0.456 e. The van der Waals surface area contributed by atoms with Gasteiger partial charge in [-0.3, -0.25) is 4.79 Å². The second kappa shape index (κ2) is 6.24. The van der Waals surface area contributed by atoms with Crippen molar-refractivity contribution < 1.29 is 9.21 Å². The van der Waals surface area contributed by atoms with Gasteiger partial charge in [0.1, 0.15) is 5.76 Å². The molecular weight excluding hydrogens is 314 g/mol. The topological polar surface area (TPSA) is 60.1 Å². The molecule has 5 heteroatoms. The number of carbonyl (C=O) groups excluding carboxylic acids is 1. The molecule has 0 unspecified atom stereocenters. The molecule has 0 radical (unpaired) electrons. The van der Waals surface area contributed by atoms with Crippen LogP contribution in [0.15, 0.2) is 53.5 Å². The van der Waals surface area contributed by atoms with Crippen molar-refractivity contribution in [2.24, 2.45) is 0 Å². The van der Waals surface area contributed by atoms with E-state index in [4.69, 9.17) is 4.42 Å². The number of imidazole rings is 1. The Morgan fingerprint density at radius 1 is 1.32 bits per heavy atom. The maximum atomic E-state index is 12.8. The van der Waals surface area contributed by atoms with Crippen LogP contribution >= 0.6 is 0 Å². The highest BCUT2D eigenvalue weighted by molar-refractivity contribution is 5.93. The molecule has 3 aromatic rings. The smallest absolute Gasteiger partial charge is 0.287 e. The SMILES string of the molecule is Cc1cc(C)c(C(=O)N[C@H]2c3ccccc3CC[C@H]2n2ccnc2)o1. The van der Waals surface area contributed by atoms with E-state index in [1.54, 1.807) is 6.20 Å². The maximum absolute atomic E-state index is 12.8. The summed E-state index contributed by atoms with van der Waals surface area (Å²) >= 11 is 0. The van der Waals surface area contributed by atoms with Gasteiger partial charge in [0.2, 0.25) is 0 Å². The molecule has 4 rings (SSSR count). The lowest BCUT2D eigenvalue weighted by Gasteiger charge is -2.34. The number of benzene rings is 1. The fourth-order valence-corrected chi connectivity index (χ4v) is 3.78. The second-order valence-electron chi connectivity index (χ2n) is 6.64. The number of nitrogens with one attached hydrogen (secondary N) is 1. The van der Waals surface area contributed by atoms with E-state index in [-0.39, 0.29) is 18.0 Å². The van der Waals surface area contributed by atoms with Crippen LogP contribution in [0.2, 0.25) is 0 Å². The number of fused-ring (bicyclic) bond motifs is 1. The summed E-state index contributed by atoms with van der Waals surface area (Å²) < 4.78 is 7.68. The number of furan rings is 1. The van der Waals surface area contributed by atoms with Gasteiger partial charge in [0.25, 0.3) is 5.91 Å². The molecule has 1 N–H and O–H groups in total. The van der Waals surface area contributed by atoms with E-state index in [1.165, 1.54) is 11.1 Å². The Hall–Kier alpha value is -2.82. The summed E-state index contributed by atoms with van der Waals surface area (Å²) in [6.45, 7) is 3.75. The van der Waals surface area contributed by atoms with Crippen LogP contribution in [0, 0.1) is 13.8 Å². The molecule has 128 valence electrons. The van der Waals surface area contributed by atoms with Crippen LogP contribution in [0.1, 0.15) is 51.5 Å². The minimum absolute atomic E-state index is 0.114. The third-order valence-electron chi connectivity index (χ3n) is 4.93. The Kier molecular flexibility index (Phi) is 3.92. The van der Waals surface area contributed by atoms with Crippen molar-refractivity contribution in [2.75, 3.05) is 0 Å². The predicted octanol–water partition coefficient (Wildman–Crippen LogP) is 3.75. The van der Waals surface area contributed by atoms with Gasteiger partial charge < -0.3 is 14.3 Å². The number of carbonyl (C=O) groups is 1. The quantitative estimate of drug-likeness (QED) is 0.793. The molecule has 0 aliphatic heterocycles. The largest absolute Gasteiger partial charge is 0.456 e. The van der Waals surface area contributed by atoms with E-state index in [0.29, 0.717) is 5.76 Å². The van der Waals surface area contributed by atoms with Gasteiger partial charge in [0, 0.05) is 18.0 Å². The molecule has 0 bridgehead atoms. The van der Waals surface area contributed by atoms with Gasteiger partial charge in [-0.25, -0.2) is 4.98 Å². The van der Waals surface area contributed by atoms with E-state index in [1.807, 2.05) is 38.5 Å². The lowest BCUT2D eigenvalue weighted by atomic mass is 9.83. The first-order valence-corrected chi connectivity index (χ1v) is 8.56. The molecule has 2 atom stereocenters. The number of hydrogen-bond acceptors (Lipinski definition) is 3. The number of hydrogen-bond donors (Lipinski definition) is 1. The average molecular weight is 335 g/mol. The van der Waals surface area contributed by atoms with Crippen molar-refractivity contribution in [3.63, 3.8) is 0 Å². The Balaban J connectivity index is 1.70. The summed E-state index contributed by atoms with van der Waals surface area (Å²) in [5.74, 6) is 0.972. The lowest BCUT2D eigenvalue weighted by molar-refractivity contribution is 0.0887. The van der Waals surface area contributed by atoms with Gasteiger partial charge in [-0.15, -0.1) is 0 Å². The Labute approximate surface area is 146 Å². The summed E-state index contributed by atoms with van der Waals surface area (Å²) in [7, 11) is 0. The van der Waals surface area contributed by atoms with Crippen molar-refractivity contribution in [1.82, 2.24) is 14.9 Å². The molecule has 0 spiro atoms. The first kappa shape index (κ1) is 15.7. The van der Waals surface area contributed by atoms with Crippen LogP contribution in [0.4, 0.5) is 0 Å². The summed E-state index contributed by atoms with van der Waals surface area (Å²) in [6.07, 6.45) is 7.50. The van der Waals surface area contributed by atoms with Gasteiger partial charge in [-0.05, 0) is 43.9 Å². The molecule has 1 aromatic carbocycles. The number of rotatable bonds is 3. The zero-order valence-electron chi connectivity index (χ0n) is 14.4. The van der Waals surface area contributed by atoms with Crippen LogP contribution in [0.25, 0.3) is 0 Å². The van der Waals surface area contributed by atoms with Gasteiger partial charge >= 0.3 is 0 Å². The monoisotopic (exact) mass is 335 g/mol. The molecular formula is C20H21N3O2. The third kappa shape index (κ3) is 2.86. The minimum atomic E-state index is -0.169. The molecule has 25 heavy (non-hydrogen) atoms. The normalized spacial score (nSPS) is 19.4. The van der Waals surface area contributed by atoms with Gasteiger partial charge in [0.05, 0.1) is 18.4 Å². The van der Waals surface area contributed by atoms with Gasteiger partial charge in [-0.1, -0.05) is 24.3 Å². The lowest BCUT2D eigenvalue weighted by Crippen LogP contribution is -2.37. The first-order chi connectivity index (χ1) is 12.1. The number of amides is 1. The summed E-state index contributed by atoms with van der Waals surface area (Å²) in [5.41, 5.74) is 3.32. The summed E-state index contributed by atoms with van der Waals surface area (Å²) in [4.78, 5) is 17.0. The number of aromatic nitrogens is 2. The van der Waals surface area contributed by atoms with Gasteiger partial charge in [-0.2, -0.15) is 0 Å². The zero-order valence-corrected chi connectivity index (χ0v) is 14.4. The van der Waals surface area contributed by atoms with Crippen LogP contribution in [-0.2, 0) is 6.42 Å². The Morgan fingerprint density at radius 3 is 2.88 bits per heavy atom. The molecule has 1 amide bonds. The highest BCUT2D eigenvalue weighted by Gasteiger charge is 2.32. The Bertz CT molecular complexity index is 896.